The zero-order valence-electron chi connectivity index (χ0n) is 16.6. The van der Waals surface area contributed by atoms with Crippen LogP contribution in [0.15, 0.2) is 12.1 Å². The van der Waals surface area contributed by atoms with Crippen LogP contribution in [0.3, 0.4) is 0 Å². The quantitative estimate of drug-likeness (QED) is 0.832. The SMILES string of the molecule is COc1cc2c(OC)cc1CC(=O)NCCCCCCCCCNC(=O)C2. The third-order valence-corrected chi connectivity index (χ3v) is 4.88. The van der Waals surface area contributed by atoms with Crippen LogP contribution >= 0.6 is 0 Å². The Morgan fingerprint density at radius 2 is 1.04 bits per heavy atom. The van der Waals surface area contributed by atoms with Crippen LogP contribution in [-0.4, -0.2) is 39.1 Å². The molecule has 2 heterocycles. The predicted molar refractivity (Wildman–Crippen MR) is 105 cm³/mol. The first-order valence-corrected chi connectivity index (χ1v) is 9.91. The number of carbonyl (C=O) groups is 2. The highest BCUT2D eigenvalue weighted by atomic mass is 16.5. The third-order valence-electron chi connectivity index (χ3n) is 4.88. The number of ether oxygens (including phenoxy) is 2. The van der Waals surface area contributed by atoms with Gasteiger partial charge < -0.3 is 20.1 Å². The molecule has 0 spiro atoms. The molecule has 150 valence electrons. The Balaban J connectivity index is 2.16. The molecule has 3 rings (SSSR count). The molecule has 6 nitrogen and oxygen atoms in total. The van der Waals surface area contributed by atoms with Crippen molar-refractivity contribution in [3.8, 4) is 11.5 Å². The molecule has 2 aliphatic rings. The van der Waals surface area contributed by atoms with Gasteiger partial charge in [0, 0.05) is 24.2 Å². The number of hydrogen-bond donors (Lipinski definition) is 2. The summed E-state index contributed by atoms with van der Waals surface area (Å²) in [6.07, 6.45) is 8.30. The van der Waals surface area contributed by atoms with Gasteiger partial charge in [0.05, 0.1) is 27.1 Å². The van der Waals surface area contributed by atoms with Gasteiger partial charge in [-0.1, -0.05) is 32.1 Å². The summed E-state index contributed by atoms with van der Waals surface area (Å²) in [5.74, 6) is 1.15. The lowest BCUT2D eigenvalue weighted by atomic mass is 10.0. The maximum absolute atomic E-state index is 12.3. The van der Waals surface area contributed by atoms with Crippen molar-refractivity contribution in [1.29, 1.82) is 0 Å². The number of rotatable bonds is 2. The predicted octanol–water partition coefficient (Wildman–Crippen LogP) is 2.77. The van der Waals surface area contributed by atoms with Gasteiger partial charge in [-0.3, -0.25) is 9.59 Å². The monoisotopic (exact) mass is 376 g/mol. The summed E-state index contributed by atoms with van der Waals surface area (Å²) in [4.78, 5) is 24.5. The van der Waals surface area contributed by atoms with E-state index in [-0.39, 0.29) is 24.7 Å². The highest BCUT2D eigenvalue weighted by Crippen LogP contribution is 2.29. The third kappa shape index (κ3) is 7.12. The average molecular weight is 376 g/mol. The molecule has 0 aromatic heterocycles. The molecule has 2 bridgehead atoms. The molecule has 6 heteroatoms. The molecule has 0 saturated heterocycles. The van der Waals surface area contributed by atoms with E-state index in [1.165, 1.54) is 19.3 Å². The summed E-state index contributed by atoms with van der Waals surface area (Å²) >= 11 is 0. The van der Waals surface area contributed by atoms with Gasteiger partial charge >= 0.3 is 0 Å². The number of hydrogen-bond acceptors (Lipinski definition) is 4. The minimum absolute atomic E-state index is 0.0289. The minimum Gasteiger partial charge on any atom is -0.496 e. The lowest BCUT2D eigenvalue weighted by Gasteiger charge is -2.15. The summed E-state index contributed by atoms with van der Waals surface area (Å²) in [6.45, 7) is 1.41. The van der Waals surface area contributed by atoms with Crippen molar-refractivity contribution in [2.45, 2.75) is 57.8 Å². The Morgan fingerprint density at radius 1 is 0.667 bits per heavy atom. The number of nitrogens with one attached hydrogen (secondary N) is 2. The van der Waals surface area contributed by atoms with Crippen LogP contribution < -0.4 is 20.1 Å². The maximum atomic E-state index is 12.3. The van der Waals surface area contributed by atoms with Crippen molar-refractivity contribution in [2.24, 2.45) is 0 Å². The molecule has 0 unspecified atom stereocenters. The fraction of sp³-hybridized carbons (Fsp3) is 0.619. The van der Waals surface area contributed by atoms with Crippen LogP contribution in [-0.2, 0) is 22.4 Å². The number of amides is 2. The van der Waals surface area contributed by atoms with Crippen LogP contribution in [0.2, 0.25) is 0 Å². The van der Waals surface area contributed by atoms with Gasteiger partial charge in [0.1, 0.15) is 11.5 Å². The van der Waals surface area contributed by atoms with Crippen LogP contribution in [0.1, 0.15) is 56.1 Å². The summed E-state index contributed by atoms with van der Waals surface area (Å²) in [5, 5.41) is 5.96. The van der Waals surface area contributed by atoms with Crippen molar-refractivity contribution in [2.75, 3.05) is 27.3 Å². The maximum Gasteiger partial charge on any atom is 0.224 e. The lowest BCUT2D eigenvalue weighted by Crippen LogP contribution is -2.27. The van der Waals surface area contributed by atoms with Crippen LogP contribution in [0.25, 0.3) is 0 Å². The number of fused-ring (bicyclic) bond motifs is 16. The summed E-state index contributed by atoms with van der Waals surface area (Å²) < 4.78 is 10.9. The smallest absolute Gasteiger partial charge is 0.224 e. The molecule has 1 aromatic carbocycles. The van der Waals surface area contributed by atoms with Crippen LogP contribution in [0, 0.1) is 0 Å². The van der Waals surface area contributed by atoms with Gasteiger partial charge in [0.15, 0.2) is 0 Å². The van der Waals surface area contributed by atoms with Gasteiger partial charge in [-0.2, -0.15) is 0 Å². The van der Waals surface area contributed by atoms with Gasteiger partial charge in [-0.05, 0) is 25.0 Å². The normalized spacial score (nSPS) is 17.9. The van der Waals surface area contributed by atoms with E-state index in [0.29, 0.717) is 24.6 Å². The highest BCUT2D eigenvalue weighted by Gasteiger charge is 2.16. The van der Waals surface area contributed by atoms with Crippen LogP contribution in [0.4, 0.5) is 0 Å². The fourth-order valence-corrected chi connectivity index (χ4v) is 3.36. The molecule has 2 amide bonds. The van der Waals surface area contributed by atoms with Crippen LogP contribution in [0.5, 0.6) is 11.5 Å². The summed E-state index contributed by atoms with van der Waals surface area (Å²) in [6, 6.07) is 3.60. The van der Waals surface area contributed by atoms with E-state index in [0.717, 1.165) is 36.8 Å². The second-order valence-corrected chi connectivity index (χ2v) is 7.00. The largest absolute Gasteiger partial charge is 0.496 e. The molecule has 0 atom stereocenters. The van der Waals surface area contributed by atoms with Gasteiger partial charge in [0.25, 0.3) is 0 Å². The Hall–Kier alpha value is -2.24. The second kappa shape index (κ2) is 11.5. The van der Waals surface area contributed by atoms with Crippen molar-refractivity contribution < 1.29 is 19.1 Å². The molecule has 2 aliphatic heterocycles. The standard InChI is InChI=1S/C21H32N2O4/c1-26-18-12-17-15-21(25)23-11-9-7-5-3-4-6-8-10-22-20(24)14-16(18)13-19(17)27-2/h12-13H,3-11,14-15H2,1-2H3,(H,22,24)(H,23,25). The molecule has 2 N–H and O–H groups in total. The lowest BCUT2D eigenvalue weighted by molar-refractivity contribution is -0.121. The number of carbonyl (C=O) groups excluding carboxylic acids is 2. The van der Waals surface area contributed by atoms with Crippen molar-refractivity contribution in [3.05, 3.63) is 23.3 Å². The van der Waals surface area contributed by atoms with Crippen molar-refractivity contribution in [3.63, 3.8) is 0 Å². The zero-order chi connectivity index (χ0) is 19.5. The number of benzene rings is 1. The van der Waals surface area contributed by atoms with Gasteiger partial charge in [0.2, 0.25) is 11.8 Å². The Labute approximate surface area is 162 Å². The molecular formula is C21H32N2O4. The molecule has 1 aromatic rings. The van der Waals surface area contributed by atoms with Crippen molar-refractivity contribution >= 4 is 11.8 Å². The fourth-order valence-electron chi connectivity index (χ4n) is 3.36. The molecular weight excluding hydrogens is 344 g/mol. The van der Waals surface area contributed by atoms with E-state index in [4.69, 9.17) is 9.47 Å². The zero-order valence-corrected chi connectivity index (χ0v) is 16.6. The van der Waals surface area contributed by atoms with E-state index in [1.54, 1.807) is 26.4 Å². The molecule has 0 radical (unpaired) electrons. The van der Waals surface area contributed by atoms with Gasteiger partial charge in [-0.25, -0.2) is 0 Å². The Kier molecular flexibility index (Phi) is 8.95. The summed E-state index contributed by atoms with van der Waals surface area (Å²) in [5.41, 5.74) is 1.52. The molecule has 0 fully saturated rings. The summed E-state index contributed by atoms with van der Waals surface area (Å²) in [7, 11) is 3.14. The first kappa shape index (κ1) is 21.1. The van der Waals surface area contributed by atoms with E-state index in [1.807, 2.05) is 0 Å². The highest BCUT2D eigenvalue weighted by molar-refractivity contribution is 5.81. The first-order valence-electron chi connectivity index (χ1n) is 9.91. The molecule has 0 saturated carbocycles. The van der Waals surface area contributed by atoms with E-state index < -0.39 is 0 Å². The second-order valence-electron chi connectivity index (χ2n) is 7.00. The van der Waals surface area contributed by atoms with Crippen molar-refractivity contribution in [1.82, 2.24) is 10.6 Å². The Bertz CT molecular complexity index is 577. The Morgan fingerprint density at radius 3 is 1.41 bits per heavy atom. The van der Waals surface area contributed by atoms with E-state index in [9.17, 15) is 9.59 Å². The molecule has 27 heavy (non-hydrogen) atoms. The number of methoxy groups -OCH3 is 2. The topological polar surface area (TPSA) is 76.7 Å². The van der Waals surface area contributed by atoms with E-state index >= 15 is 0 Å². The van der Waals surface area contributed by atoms with Gasteiger partial charge in [-0.15, -0.1) is 0 Å². The molecule has 0 aliphatic carbocycles. The average Bonchev–Trinajstić information content (AvgIpc) is 2.66. The first-order chi connectivity index (χ1) is 13.1. The minimum atomic E-state index is -0.0289. The van der Waals surface area contributed by atoms with E-state index in [2.05, 4.69) is 10.6 Å².